The van der Waals surface area contributed by atoms with Gasteiger partial charge in [0.1, 0.15) is 5.75 Å². The Balaban J connectivity index is 1.45. The van der Waals surface area contributed by atoms with Crippen LogP contribution in [0.1, 0.15) is 16.7 Å². The fourth-order valence-electron chi connectivity index (χ4n) is 4.13. The van der Waals surface area contributed by atoms with E-state index in [-0.39, 0.29) is 12.0 Å². The average molecular weight is 446 g/mol. The maximum absolute atomic E-state index is 13.1. The number of hydrogen-bond acceptors (Lipinski definition) is 5. The highest BCUT2D eigenvalue weighted by molar-refractivity contribution is 5.78. The second kappa shape index (κ2) is 11.6. The van der Waals surface area contributed by atoms with Crippen molar-refractivity contribution in [3.05, 3.63) is 95.8 Å². The SMILES string of the molecule is COc1cccc(COC2CN(Cc3cccnc3)CC(=O)N(CCc3ccccc3)C2)c1. The number of methoxy groups -OCH3 is 1. The van der Waals surface area contributed by atoms with E-state index >= 15 is 0 Å². The van der Waals surface area contributed by atoms with Crippen molar-refractivity contribution in [1.29, 1.82) is 0 Å². The molecule has 1 aliphatic heterocycles. The number of aromatic nitrogens is 1. The lowest BCUT2D eigenvalue weighted by molar-refractivity contribution is -0.131. The average Bonchev–Trinajstić information content (AvgIpc) is 3.00. The molecule has 1 amide bonds. The lowest BCUT2D eigenvalue weighted by Gasteiger charge is -2.25. The van der Waals surface area contributed by atoms with Crippen LogP contribution in [0.15, 0.2) is 79.1 Å². The molecule has 1 saturated heterocycles. The van der Waals surface area contributed by atoms with Gasteiger partial charge in [-0.2, -0.15) is 0 Å². The van der Waals surface area contributed by atoms with Gasteiger partial charge >= 0.3 is 0 Å². The van der Waals surface area contributed by atoms with Crippen LogP contribution in [0, 0.1) is 0 Å². The lowest BCUT2D eigenvalue weighted by Crippen LogP contribution is -2.39. The molecule has 2 aromatic carbocycles. The van der Waals surface area contributed by atoms with E-state index in [9.17, 15) is 4.79 Å². The van der Waals surface area contributed by atoms with Gasteiger partial charge in [-0.3, -0.25) is 14.7 Å². The van der Waals surface area contributed by atoms with Crippen LogP contribution in [0.2, 0.25) is 0 Å². The van der Waals surface area contributed by atoms with Crippen LogP contribution < -0.4 is 4.74 Å². The van der Waals surface area contributed by atoms with Crippen molar-refractivity contribution in [2.45, 2.75) is 25.7 Å². The molecule has 2 heterocycles. The van der Waals surface area contributed by atoms with Crippen LogP contribution in [0.3, 0.4) is 0 Å². The Hall–Kier alpha value is -3.22. The van der Waals surface area contributed by atoms with Crippen molar-refractivity contribution in [3.63, 3.8) is 0 Å². The van der Waals surface area contributed by atoms with Gasteiger partial charge in [0.2, 0.25) is 5.91 Å². The smallest absolute Gasteiger partial charge is 0.236 e. The number of ether oxygens (including phenoxy) is 2. The van der Waals surface area contributed by atoms with Crippen molar-refractivity contribution >= 4 is 5.91 Å². The summed E-state index contributed by atoms with van der Waals surface area (Å²) in [5.41, 5.74) is 3.38. The van der Waals surface area contributed by atoms with E-state index in [2.05, 4.69) is 22.0 Å². The lowest BCUT2D eigenvalue weighted by atomic mass is 10.1. The normalized spacial score (nSPS) is 17.1. The molecule has 1 fully saturated rings. The van der Waals surface area contributed by atoms with Gasteiger partial charge < -0.3 is 14.4 Å². The Morgan fingerprint density at radius 3 is 2.58 bits per heavy atom. The number of pyridine rings is 1. The zero-order valence-electron chi connectivity index (χ0n) is 19.1. The Bertz CT molecular complexity index is 1010. The molecule has 1 aromatic heterocycles. The third-order valence-corrected chi connectivity index (χ3v) is 5.86. The molecule has 0 spiro atoms. The summed E-state index contributed by atoms with van der Waals surface area (Å²) >= 11 is 0. The van der Waals surface area contributed by atoms with Crippen LogP contribution >= 0.6 is 0 Å². The molecular formula is C27H31N3O3. The van der Waals surface area contributed by atoms with E-state index in [0.29, 0.717) is 39.3 Å². The topological polar surface area (TPSA) is 54.9 Å². The van der Waals surface area contributed by atoms with Gasteiger partial charge in [0.15, 0.2) is 0 Å². The Morgan fingerprint density at radius 1 is 0.970 bits per heavy atom. The quantitative estimate of drug-likeness (QED) is 0.504. The monoisotopic (exact) mass is 445 g/mol. The Labute approximate surface area is 195 Å². The molecule has 33 heavy (non-hydrogen) atoms. The third-order valence-electron chi connectivity index (χ3n) is 5.86. The van der Waals surface area contributed by atoms with Crippen molar-refractivity contribution in [2.75, 3.05) is 33.3 Å². The largest absolute Gasteiger partial charge is 0.497 e. The van der Waals surface area contributed by atoms with Crippen molar-refractivity contribution in [3.8, 4) is 5.75 Å². The molecule has 6 nitrogen and oxygen atoms in total. The molecule has 0 saturated carbocycles. The third kappa shape index (κ3) is 6.88. The van der Waals surface area contributed by atoms with Crippen molar-refractivity contribution < 1.29 is 14.3 Å². The maximum Gasteiger partial charge on any atom is 0.236 e. The summed E-state index contributed by atoms with van der Waals surface area (Å²) in [4.78, 5) is 21.5. The van der Waals surface area contributed by atoms with Crippen LogP contribution in [-0.2, 0) is 29.1 Å². The van der Waals surface area contributed by atoms with Gasteiger partial charge in [0, 0.05) is 38.6 Å². The predicted octanol–water partition coefficient (Wildman–Crippen LogP) is 3.56. The number of benzene rings is 2. The number of rotatable bonds is 9. The molecule has 4 rings (SSSR count). The second-order valence-electron chi connectivity index (χ2n) is 8.39. The number of amides is 1. The Kier molecular flexibility index (Phi) is 8.06. The molecule has 172 valence electrons. The van der Waals surface area contributed by atoms with E-state index < -0.39 is 0 Å². The van der Waals surface area contributed by atoms with Crippen molar-refractivity contribution in [2.24, 2.45) is 0 Å². The van der Waals surface area contributed by atoms with Gasteiger partial charge in [-0.15, -0.1) is 0 Å². The highest BCUT2D eigenvalue weighted by atomic mass is 16.5. The first kappa shape index (κ1) is 23.0. The highest BCUT2D eigenvalue weighted by Crippen LogP contribution is 2.17. The summed E-state index contributed by atoms with van der Waals surface area (Å²) in [6.07, 6.45) is 4.37. The van der Waals surface area contributed by atoms with E-state index in [1.165, 1.54) is 5.56 Å². The summed E-state index contributed by atoms with van der Waals surface area (Å²) in [7, 11) is 1.66. The molecule has 0 bridgehead atoms. The predicted molar refractivity (Wildman–Crippen MR) is 128 cm³/mol. The summed E-state index contributed by atoms with van der Waals surface area (Å²) < 4.78 is 11.7. The molecule has 1 unspecified atom stereocenters. The standard InChI is InChI=1S/C27H31N3O3/c1-32-25-11-5-9-23(15-25)21-33-26-18-29(17-24-10-6-13-28-16-24)20-27(31)30(19-26)14-12-22-7-3-2-4-8-22/h2-11,13,15-16,26H,12,14,17-21H2,1H3. The number of nitrogens with zero attached hydrogens (tertiary/aromatic N) is 3. The minimum atomic E-state index is -0.0879. The first-order valence-electron chi connectivity index (χ1n) is 11.4. The minimum Gasteiger partial charge on any atom is -0.497 e. The van der Waals surface area contributed by atoms with Gasteiger partial charge in [0.05, 0.1) is 26.4 Å². The van der Waals surface area contributed by atoms with Gasteiger partial charge in [-0.25, -0.2) is 0 Å². The molecular weight excluding hydrogens is 414 g/mol. The molecule has 1 aliphatic rings. The molecule has 0 aliphatic carbocycles. The molecule has 0 radical (unpaired) electrons. The van der Waals surface area contributed by atoms with Crippen LogP contribution in [0.4, 0.5) is 0 Å². The molecule has 0 N–H and O–H groups in total. The number of hydrogen-bond donors (Lipinski definition) is 0. The van der Waals surface area contributed by atoms with Crippen molar-refractivity contribution in [1.82, 2.24) is 14.8 Å². The summed E-state index contributed by atoms with van der Waals surface area (Å²) in [5.74, 6) is 0.956. The van der Waals surface area contributed by atoms with Crippen LogP contribution in [0.25, 0.3) is 0 Å². The summed E-state index contributed by atoms with van der Waals surface area (Å²) in [6.45, 7) is 3.48. The van der Waals surface area contributed by atoms with E-state index in [1.807, 2.05) is 65.7 Å². The van der Waals surface area contributed by atoms with E-state index in [0.717, 1.165) is 23.3 Å². The first-order valence-corrected chi connectivity index (χ1v) is 11.4. The fraction of sp³-hybridized carbons (Fsp3) is 0.333. The summed E-state index contributed by atoms with van der Waals surface area (Å²) in [5, 5.41) is 0. The first-order chi connectivity index (χ1) is 16.2. The van der Waals surface area contributed by atoms with Crippen LogP contribution in [0.5, 0.6) is 5.75 Å². The van der Waals surface area contributed by atoms with E-state index in [4.69, 9.17) is 9.47 Å². The molecule has 6 heteroatoms. The molecule has 1 atom stereocenters. The number of carbonyl (C=O) groups excluding carboxylic acids is 1. The zero-order chi connectivity index (χ0) is 22.9. The van der Waals surface area contributed by atoms with E-state index in [1.54, 1.807) is 13.3 Å². The van der Waals surface area contributed by atoms with Gasteiger partial charge in [-0.1, -0.05) is 48.5 Å². The summed E-state index contributed by atoms with van der Waals surface area (Å²) in [6, 6.07) is 22.2. The fourth-order valence-corrected chi connectivity index (χ4v) is 4.13. The Morgan fingerprint density at radius 2 is 1.79 bits per heavy atom. The minimum absolute atomic E-state index is 0.0879. The van der Waals surface area contributed by atoms with Gasteiger partial charge in [0.25, 0.3) is 0 Å². The molecule has 3 aromatic rings. The number of carbonyl (C=O) groups is 1. The van der Waals surface area contributed by atoms with Gasteiger partial charge in [-0.05, 0) is 41.3 Å². The second-order valence-corrected chi connectivity index (χ2v) is 8.39. The zero-order valence-corrected chi connectivity index (χ0v) is 19.1. The maximum atomic E-state index is 13.1. The van der Waals surface area contributed by atoms with Crippen LogP contribution in [-0.4, -0.2) is 60.1 Å². The highest BCUT2D eigenvalue weighted by Gasteiger charge is 2.28.